The van der Waals surface area contributed by atoms with Crippen molar-refractivity contribution in [3.63, 3.8) is 0 Å². The van der Waals surface area contributed by atoms with E-state index in [4.69, 9.17) is 0 Å². The molecule has 1 aromatic heterocycles. The van der Waals surface area contributed by atoms with E-state index >= 15 is 0 Å². The number of hydrogen-bond acceptors (Lipinski definition) is 2. The maximum Gasteiger partial charge on any atom is 0.268 e. The Kier molecular flexibility index (Phi) is 3.15. The van der Waals surface area contributed by atoms with Crippen LogP contribution in [0.25, 0.3) is 0 Å². The topological polar surface area (TPSA) is 37.3 Å². The molecule has 20 heavy (non-hydrogen) atoms. The zero-order valence-electron chi connectivity index (χ0n) is 11.5. The van der Waals surface area contributed by atoms with Crippen molar-refractivity contribution in [2.24, 2.45) is 0 Å². The van der Waals surface area contributed by atoms with Crippen molar-refractivity contribution in [3.8, 4) is 0 Å². The lowest BCUT2D eigenvalue weighted by molar-refractivity contribution is 0.0920. The molecule has 0 spiro atoms. The molecule has 1 saturated carbocycles. The van der Waals surface area contributed by atoms with E-state index in [1.54, 1.807) is 0 Å². The summed E-state index contributed by atoms with van der Waals surface area (Å²) in [5.41, 5.74) is 0.816. The number of fused-ring (bicyclic) bond motifs is 1. The number of amides is 1. The SMILES string of the molecule is O=C(NC1CCN2CCCC12)c1cc(Br)cn1C1CC1. The van der Waals surface area contributed by atoms with Crippen LogP contribution in [0, 0.1) is 0 Å². The largest absolute Gasteiger partial charge is 0.346 e. The Hall–Kier alpha value is -0.810. The Bertz CT molecular complexity index is 537. The monoisotopic (exact) mass is 337 g/mol. The quantitative estimate of drug-likeness (QED) is 0.920. The molecule has 2 unspecified atom stereocenters. The van der Waals surface area contributed by atoms with Crippen molar-refractivity contribution in [1.29, 1.82) is 0 Å². The van der Waals surface area contributed by atoms with Crippen molar-refractivity contribution in [2.45, 2.75) is 50.2 Å². The van der Waals surface area contributed by atoms with Gasteiger partial charge >= 0.3 is 0 Å². The van der Waals surface area contributed by atoms with Crippen molar-refractivity contribution in [3.05, 3.63) is 22.4 Å². The van der Waals surface area contributed by atoms with E-state index in [0.717, 1.165) is 23.1 Å². The zero-order valence-corrected chi connectivity index (χ0v) is 13.1. The van der Waals surface area contributed by atoms with Crippen LogP contribution < -0.4 is 5.32 Å². The summed E-state index contributed by atoms with van der Waals surface area (Å²) in [7, 11) is 0. The van der Waals surface area contributed by atoms with Crippen LogP contribution in [0.1, 0.15) is 48.6 Å². The highest BCUT2D eigenvalue weighted by Gasteiger charge is 2.38. The van der Waals surface area contributed by atoms with Crippen LogP contribution in [0.5, 0.6) is 0 Å². The van der Waals surface area contributed by atoms with E-state index in [-0.39, 0.29) is 5.91 Å². The third-order valence-corrected chi connectivity index (χ3v) is 5.34. The molecule has 3 heterocycles. The van der Waals surface area contributed by atoms with Crippen LogP contribution in [0.3, 0.4) is 0 Å². The fourth-order valence-electron chi connectivity index (χ4n) is 3.78. The van der Waals surface area contributed by atoms with Gasteiger partial charge in [0.2, 0.25) is 0 Å². The fraction of sp³-hybridized carbons (Fsp3) is 0.667. The molecule has 1 amide bonds. The first kappa shape index (κ1) is 12.9. The van der Waals surface area contributed by atoms with Gasteiger partial charge in [-0.15, -0.1) is 0 Å². The third-order valence-electron chi connectivity index (χ3n) is 4.91. The maximum atomic E-state index is 12.6. The number of aromatic nitrogens is 1. The molecule has 4 nitrogen and oxygen atoms in total. The second kappa shape index (κ2) is 4.88. The van der Waals surface area contributed by atoms with Gasteiger partial charge in [-0.1, -0.05) is 0 Å². The van der Waals surface area contributed by atoms with E-state index in [1.807, 2.05) is 12.3 Å². The molecule has 3 aliphatic rings. The van der Waals surface area contributed by atoms with Gasteiger partial charge in [-0.25, -0.2) is 0 Å². The van der Waals surface area contributed by atoms with Gasteiger partial charge < -0.3 is 9.88 Å². The van der Waals surface area contributed by atoms with E-state index < -0.39 is 0 Å². The summed E-state index contributed by atoms with van der Waals surface area (Å²) in [6.07, 6.45) is 8.05. The van der Waals surface area contributed by atoms with Crippen LogP contribution in [0.15, 0.2) is 16.7 Å². The molecule has 3 fully saturated rings. The molecule has 1 N–H and O–H groups in total. The van der Waals surface area contributed by atoms with Crippen molar-refractivity contribution >= 4 is 21.8 Å². The Morgan fingerprint density at radius 1 is 1.25 bits per heavy atom. The zero-order chi connectivity index (χ0) is 13.7. The number of nitrogens with zero attached hydrogens (tertiary/aromatic N) is 2. The normalized spacial score (nSPS) is 29.6. The Labute approximate surface area is 127 Å². The second-order valence-corrected chi connectivity index (χ2v) is 7.21. The predicted molar refractivity (Wildman–Crippen MR) is 80.9 cm³/mol. The average Bonchev–Trinajstić information content (AvgIpc) is 2.86. The van der Waals surface area contributed by atoms with Gasteiger partial charge in [0.1, 0.15) is 5.69 Å². The summed E-state index contributed by atoms with van der Waals surface area (Å²) < 4.78 is 3.14. The molecular formula is C15H20BrN3O. The molecule has 2 aliphatic heterocycles. The van der Waals surface area contributed by atoms with Gasteiger partial charge in [0.15, 0.2) is 0 Å². The minimum absolute atomic E-state index is 0.0985. The van der Waals surface area contributed by atoms with Crippen molar-refractivity contribution in [1.82, 2.24) is 14.8 Å². The number of halogens is 1. The molecule has 0 radical (unpaired) electrons. The van der Waals surface area contributed by atoms with Gasteiger partial charge in [-0.3, -0.25) is 9.69 Å². The lowest BCUT2D eigenvalue weighted by atomic mass is 10.1. The minimum atomic E-state index is 0.0985. The summed E-state index contributed by atoms with van der Waals surface area (Å²) in [5, 5.41) is 3.28. The van der Waals surface area contributed by atoms with Gasteiger partial charge in [-0.2, -0.15) is 0 Å². The number of carbonyl (C=O) groups is 1. The summed E-state index contributed by atoms with van der Waals surface area (Å²) in [4.78, 5) is 15.1. The van der Waals surface area contributed by atoms with Gasteiger partial charge in [0.05, 0.1) is 0 Å². The van der Waals surface area contributed by atoms with Crippen LogP contribution in [-0.4, -0.2) is 40.5 Å². The minimum Gasteiger partial charge on any atom is -0.346 e. The lowest BCUT2D eigenvalue weighted by Crippen LogP contribution is -2.42. The molecule has 5 heteroatoms. The molecule has 0 aromatic carbocycles. The number of nitrogens with one attached hydrogen (secondary N) is 1. The van der Waals surface area contributed by atoms with E-state index in [1.165, 1.54) is 32.2 Å². The molecule has 1 aliphatic carbocycles. The smallest absolute Gasteiger partial charge is 0.268 e. The molecule has 1 aromatic rings. The summed E-state index contributed by atoms with van der Waals surface area (Å²) in [6, 6.07) is 3.40. The average molecular weight is 338 g/mol. The van der Waals surface area contributed by atoms with Crippen LogP contribution in [0.2, 0.25) is 0 Å². The lowest BCUT2D eigenvalue weighted by Gasteiger charge is -2.21. The highest BCUT2D eigenvalue weighted by atomic mass is 79.9. The molecule has 2 saturated heterocycles. The first-order valence-corrected chi connectivity index (χ1v) is 8.44. The Balaban J connectivity index is 1.50. The summed E-state index contributed by atoms with van der Waals surface area (Å²) in [5.74, 6) is 0.0985. The highest BCUT2D eigenvalue weighted by Crippen LogP contribution is 2.37. The van der Waals surface area contributed by atoms with Crippen LogP contribution in [0.4, 0.5) is 0 Å². The first-order chi connectivity index (χ1) is 9.72. The van der Waals surface area contributed by atoms with Crippen molar-refractivity contribution in [2.75, 3.05) is 13.1 Å². The van der Waals surface area contributed by atoms with Gasteiger partial charge in [0, 0.05) is 35.3 Å². The van der Waals surface area contributed by atoms with Gasteiger partial charge in [0.25, 0.3) is 5.91 Å². The number of rotatable bonds is 3. The molecule has 108 valence electrons. The maximum absolute atomic E-state index is 12.6. The fourth-order valence-corrected chi connectivity index (χ4v) is 4.21. The summed E-state index contributed by atoms with van der Waals surface area (Å²) >= 11 is 3.50. The third kappa shape index (κ3) is 2.21. The Morgan fingerprint density at radius 2 is 2.10 bits per heavy atom. The molecule has 4 rings (SSSR count). The van der Waals surface area contributed by atoms with E-state index in [9.17, 15) is 4.79 Å². The highest BCUT2D eigenvalue weighted by molar-refractivity contribution is 9.10. The Morgan fingerprint density at radius 3 is 2.90 bits per heavy atom. The van der Waals surface area contributed by atoms with E-state index in [2.05, 4.69) is 30.7 Å². The van der Waals surface area contributed by atoms with Crippen LogP contribution >= 0.6 is 15.9 Å². The van der Waals surface area contributed by atoms with Crippen LogP contribution in [-0.2, 0) is 0 Å². The number of carbonyl (C=O) groups excluding carboxylic acids is 1. The molecule has 0 bridgehead atoms. The second-order valence-electron chi connectivity index (χ2n) is 6.30. The first-order valence-electron chi connectivity index (χ1n) is 7.64. The summed E-state index contributed by atoms with van der Waals surface area (Å²) in [6.45, 7) is 2.35. The predicted octanol–water partition coefficient (Wildman–Crippen LogP) is 2.55. The van der Waals surface area contributed by atoms with E-state index in [0.29, 0.717) is 18.1 Å². The van der Waals surface area contributed by atoms with Gasteiger partial charge in [-0.05, 0) is 60.6 Å². The number of hydrogen-bond donors (Lipinski definition) is 1. The standard InChI is InChI=1S/C15H20BrN3O/c16-10-8-14(19(9-10)11-3-4-11)15(20)17-12-5-7-18-6-1-2-13(12)18/h8-9,11-13H,1-7H2,(H,17,20). The molecule has 2 atom stereocenters. The van der Waals surface area contributed by atoms with Crippen molar-refractivity contribution < 1.29 is 4.79 Å². The molecular weight excluding hydrogens is 318 g/mol.